The largest absolute Gasteiger partial charge is 0.388 e. The van der Waals surface area contributed by atoms with Crippen LogP contribution in [0.5, 0.6) is 0 Å². The third kappa shape index (κ3) is 5.14. The first-order valence-corrected chi connectivity index (χ1v) is 10.1. The summed E-state index contributed by atoms with van der Waals surface area (Å²) >= 11 is 0. The third-order valence-corrected chi connectivity index (χ3v) is 5.18. The Morgan fingerprint density at radius 3 is 1.82 bits per heavy atom. The van der Waals surface area contributed by atoms with Gasteiger partial charge < -0.3 is 15.3 Å². The Kier molecular flexibility index (Phi) is 7.10. The fourth-order valence-corrected chi connectivity index (χ4v) is 3.56. The van der Waals surface area contributed by atoms with Gasteiger partial charge in [-0.2, -0.15) is 0 Å². The standard InChI is InChI=1S/C25H30N2O/c1-3-27(4-2)23-17-15-22(16-18-23)26-24(20-11-7-5-8-12-20)19-25(28)21-13-9-6-10-14-21/h5-18,24-26,28H,3-4,19H2,1-2H3/t24-,25+/m1/s1. The van der Waals surface area contributed by atoms with E-state index in [1.54, 1.807) is 0 Å². The first-order chi connectivity index (χ1) is 13.7. The van der Waals surface area contributed by atoms with Gasteiger partial charge in [0.2, 0.25) is 0 Å². The van der Waals surface area contributed by atoms with Crippen molar-refractivity contribution in [3.63, 3.8) is 0 Å². The highest BCUT2D eigenvalue weighted by atomic mass is 16.3. The molecule has 0 saturated carbocycles. The first kappa shape index (κ1) is 20.0. The monoisotopic (exact) mass is 374 g/mol. The number of aliphatic hydroxyl groups is 1. The van der Waals surface area contributed by atoms with Crippen molar-refractivity contribution < 1.29 is 5.11 Å². The van der Waals surface area contributed by atoms with Crippen molar-refractivity contribution in [2.75, 3.05) is 23.3 Å². The van der Waals surface area contributed by atoms with Crippen LogP contribution in [0.25, 0.3) is 0 Å². The normalized spacial score (nSPS) is 13.0. The molecule has 3 rings (SSSR count). The summed E-state index contributed by atoms with van der Waals surface area (Å²) in [5.74, 6) is 0. The summed E-state index contributed by atoms with van der Waals surface area (Å²) < 4.78 is 0. The van der Waals surface area contributed by atoms with Gasteiger partial charge in [-0.05, 0) is 49.2 Å². The quantitative estimate of drug-likeness (QED) is 0.496. The Morgan fingerprint density at radius 1 is 0.750 bits per heavy atom. The van der Waals surface area contributed by atoms with Crippen molar-refractivity contribution in [3.05, 3.63) is 96.1 Å². The van der Waals surface area contributed by atoms with E-state index in [0.717, 1.165) is 24.3 Å². The van der Waals surface area contributed by atoms with E-state index in [4.69, 9.17) is 0 Å². The average molecular weight is 375 g/mol. The molecule has 0 fully saturated rings. The second kappa shape index (κ2) is 9.95. The number of anilines is 2. The van der Waals surface area contributed by atoms with E-state index < -0.39 is 6.10 Å². The van der Waals surface area contributed by atoms with E-state index in [9.17, 15) is 5.11 Å². The summed E-state index contributed by atoms with van der Waals surface area (Å²) in [4.78, 5) is 2.33. The maximum absolute atomic E-state index is 10.8. The first-order valence-electron chi connectivity index (χ1n) is 10.1. The lowest BCUT2D eigenvalue weighted by Crippen LogP contribution is -2.21. The van der Waals surface area contributed by atoms with E-state index in [-0.39, 0.29) is 6.04 Å². The maximum Gasteiger partial charge on any atom is 0.0812 e. The lowest BCUT2D eigenvalue weighted by molar-refractivity contribution is 0.160. The van der Waals surface area contributed by atoms with Crippen molar-refractivity contribution in [1.29, 1.82) is 0 Å². The van der Waals surface area contributed by atoms with Crippen molar-refractivity contribution in [1.82, 2.24) is 0 Å². The molecule has 0 radical (unpaired) electrons. The highest BCUT2D eigenvalue weighted by Gasteiger charge is 2.18. The SMILES string of the molecule is CCN(CC)c1ccc(N[C@H](C[C@H](O)c2ccccc2)c2ccccc2)cc1. The molecule has 0 aliphatic rings. The number of nitrogens with one attached hydrogen (secondary N) is 1. The van der Waals surface area contributed by atoms with Crippen LogP contribution in [0.2, 0.25) is 0 Å². The molecule has 3 nitrogen and oxygen atoms in total. The van der Waals surface area contributed by atoms with Gasteiger partial charge in [-0.25, -0.2) is 0 Å². The lowest BCUT2D eigenvalue weighted by Gasteiger charge is -2.25. The van der Waals surface area contributed by atoms with Crippen molar-refractivity contribution >= 4 is 11.4 Å². The van der Waals surface area contributed by atoms with E-state index in [0.29, 0.717) is 6.42 Å². The van der Waals surface area contributed by atoms with E-state index in [1.165, 1.54) is 11.3 Å². The van der Waals surface area contributed by atoms with Gasteiger partial charge in [0.25, 0.3) is 0 Å². The number of hydrogen-bond acceptors (Lipinski definition) is 3. The molecule has 146 valence electrons. The van der Waals surface area contributed by atoms with Crippen LogP contribution >= 0.6 is 0 Å². The minimum atomic E-state index is -0.520. The Bertz CT molecular complexity index is 814. The summed E-state index contributed by atoms with van der Waals surface area (Å²) in [6.45, 7) is 6.34. The molecule has 3 aromatic carbocycles. The van der Waals surface area contributed by atoms with Crippen molar-refractivity contribution in [2.24, 2.45) is 0 Å². The number of aliphatic hydroxyl groups excluding tert-OH is 1. The van der Waals surface area contributed by atoms with Gasteiger partial charge in [0.15, 0.2) is 0 Å². The van der Waals surface area contributed by atoms with Crippen LogP contribution in [0.1, 0.15) is 43.5 Å². The zero-order valence-corrected chi connectivity index (χ0v) is 16.8. The topological polar surface area (TPSA) is 35.5 Å². The Hall–Kier alpha value is -2.78. The molecular weight excluding hydrogens is 344 g/mol. The molecule has 0 heterocycles. The summed E-state index contributed by atoms with van der Waals surface area (Å²) in [6, 6.07) is 28.8. The van der Waals surface area contributed by atoms with E-state index in [2.05, 4.69) is 60.5 Å². The molecule has 3 heteroatoms. The highest BCUT2D eigenvalue weighted by molar-refractivity contribution is 5.56. The molecule has 0 aromatic heterocycles. The molecule has 0 unspecified atom stereocenters. The minimum absolute atomic E-state index is 0.0238. The van der Waals surface area contributed by atoms with Crippen LogP contribution in [0.15, 0.2) is 84.9 Å². The lowest BCUT2D eigenvalue weighted by atomic mass is 9.96. The van der Waals surface area contributed by atoms with Crippen molar-refractivity contribution in [2.45, 2.75) is 32.4 Å². The third-order valence-electron chi connectivity index (χ3n) is 5.18. The number of hydrogen-bond donors (Lipinski definition) is 2. The zero-order valence-electron chi connectivity index (χ0n) is 16.8. The number of rotatable bonds is 9. The Morgan fingerprint density at radius 2 is 1.29 bits per heavy atom. The molecule has 0 bridgehead atoms. The molecule has 0 aliphatic heterocycles. The second-order valence-electron chi connectivity index (χ2n) is 6.99. The molecule has 28 heavy (non-hydrogen) atoms. The van der Waals surface area contributed by atoms with Gasteiger partial charge in [0.1, 0.15) is 0 Å². The van der Waals surface area contributed by atoms with Gasteiger partial charge in [-0.1, -0.05) is 60.7 Å². The number of nitrogens with zero attached hydrogens (tertiary/aromatic N) is 1. The van der Waals surface area contributed by atoms with Gasteiger partial charge in [0, 0.05) is 30.9 Å². The summed E-state index contributed by atoms with van der Waals surface area (Å²) in [6.07, 6.45) is 0.0834. The van der Waals surface area contributed by atoms with Crippen molar-refractivity contribution in [3.8, 4) is 0 Å². The molecule has 3 aromatic rings. The Labute approximate surface area is 168 Å². The average Bonchev–Trinajstić information content (AvgIpc) is 2.76. The van der Waals surface area contributed by atoms with Gasteiger partial charge in [0.05, 0.1) is 12.1 Å². The van der Waals surface area contributed by atoms with Gasteiger partial charge in [-0.15, -0.1) is 0 Å². The predicted molar refractivity (Wildman–Crippen MR) is 119 cm³/mol. The highest BCUT2D eigenvalue weighted by Crippen LogP contribution is 2.30. The smallest absolute Gasteiger partial charge is 0.0812 e. The van der Waals surface area contributed by atoms with Crippen LogP contribution in [-0.4, -0.2) is 18.2 Å². The fraction of sp³-hybridized carbons (Fsp3) is 0.280. The molecule has 0 saturated heterocycles. The van der Waals surface area contributed by atoms with E-state index >= 15 is 0 Å². The predicted octanol–water partition coefficient (Wildman–Crippen LogP) is 5.81. The van der Waals surface area contributed by atoms with E-state index in [1.807, 2.05) is 48.5 Å². The fourth-order valence-electron chi connectivity index (χ4n) is 3.56. The van der Waals surface area contributed by atoms with Crippen LogP contribution in [0, 0.1) is 0 Å². The van der Waals surface area contributed by atoms with Crippen LogP contribution < -0.4 is 10.2 Å². The molecular formula is C25H30N2O. The zero-order chi connectivity index (χ0) is 19.8. The summed E-state index contributed by atoms with van der Waals surface area (Å²) in [7, 11) is 0. The second-order valence-corrected chi connectivity index (χ2v) is 6.99. The Balaban J connectivity index is 1.78. The van der Waals surface area contributed by atoms with Crippen LogP contribution in [-0.2, 0) is 0 Å². The molecule has 2 N–H and O–H groups in total. The molecule has 0 spiro atoms. The summed E-state index contributed by atoms with van der Waals surface area (Å²) in [5.41, 5.74) is 4.41. The van der Waals surface area contributed by atoms with Crippen LogP contribution in [0.3, 0.4) is 0 Å². The maximum atomic E-state index is 10.8. The molecule has 0 amide bonds. The van der Waals surface area contributed by atoms with Crippen LogP contribution in [0.4, 0.5) is 11.4 Å². The van der Waals surface area contributed by atoms with Gasteiger partial charge in [-0.3, -0.25) is 0 Å². The minimum Gasteiger partial charge on any atom is -0.388 e. The van der Waals surface area contributed by atoms with Gasteiger partial charge >= 0.3 is 0 Å². The number of benzene rings is 3. The molecule has 2 atom stereocenters. The molecule has 0 aliphatic carbocycles. The summed E-state index contributed by atoms with van der Waals surface area (Å²) in [5, 5.41) is 14.4.